The number of thiazole rings is 1. The SMILES string of the molecule is Cc1ccc(N(CCC(=O)O)Cc2ncc(Cl)s2)cc1. The first kappa shape index (κ1) is 14.8. The summed E-state index contributed by atoms with van der Waals surface area (Å²) in [5.74, 6) is -0.806. The van der Waals surface area contributed by atoms with Crippen LogP contribution in [0, 0.1) is 6.92 Å². The molecule has 0 spiro atoms. The second-order valence-corrected chi connectivity index (χ2v) is 6.21. The number of hydrogen-bond donors (Lipinski definition) is 1. The van der Waals surface area contributed by atoms with Crippen molar-refractivity contribution in [2.75, 3.05) is 11.4 Å². The zero-order chi connectivity index (χ0) is 14.5. The fourth-order valence-electron chi connectivity index (χ4n) is 1.81. The number of aromatic nitrogens is 1. The molecule has 6 heteroatoms. The smallest absolute Gasteiger partial charge is 0.305 e. The molecule has 106 valence electrons. The van der Waals surface area contributed by atoms with Gasteiger partial charge < -0.3 is 10.0 Å². The molecule has 0 atom stereocenters. The van der Waals surface area contributed by atoms with Crippen LogP contribution in [0.25, 0.3) is 0 Å². The summed E-state index contributed by atoms with van der Waals surface area (Å²) in [6, 6.07) is 8.01. The van der Waals surface area contributed by atoms with Crippen LogP contribution in [0.5, 0.6) is 0 Å². The molecule has 0 amide bonds. The van der Waals surface area contributed by atoms with Gasteiger partial charge in [0.15, 0.2) is 0 Å². The lowest BCUT2D eigenvalue weighted by Crippen LogP contribution is -2.25. The Labute approximate surface area is 126 Å². The number of halogens is 1. The molecular formula is C14H15ClN2O2S. The molecule has 0 radical (unpaired) electrons. The maximum absolute atomic E-state index is 10.8. The number of rotatable bonds is 6. The third kappa shape index (κ3) is 4.21. The van der Waals surface area contributed by atoms with Gasteiger partial charge in [0.2, 0.25) is 0 Å². The van der Waals surface area contributed by atoms with E-state index >= 15 is 0 Å². The molecule has 20 heavy (non-hydrogen) atoms. The van der Waals surface area contributed by atoms with Crippen molar-refractivity contribution < 1.29 is 9.90 Å². The van der Waals surface area contributed by atoms with Crippen LogP contribution in [0.1, 0.15) is 17.0 Å². The maximum Gasteiger partial charge on any atom is 0.305 e. The highest BCUT2D eigenvalue weighted by Gasteiger charge is 2.11. The fourth-order valence-corrected chi connectivity index (χ4v) is 2.78. The molecule has 2 aromatic rings. The number of carbonyl (C=O) groups is 1. The van der Waals surface area contributed by atoms with Crippen LogP contribution in [0.2, 0.25) is 4.34 Å². The molecule has 1 aromatic carbocycles. The Kier molecular flexibility index (Phi) is 4.98. The van der Waals surface area contributed by atoms with E-state index in [4.69, 9.17) is 16.7 Å². The Bertz CT molecular complexity index is 583. The number of carboxylic acid groups (broad SMARTS) is 1. The molecular weight excluding hydrogens is 296 g/mol. The van der Waals surface area contributed by atoms with E-state index in [9.17, 15) is 4.79 Å². The van der Waals surface area contributed by atoms with Gasteiger partial charge in [0.05, 0.1) is 19.2 Å². The van der Waals surface area contributed by atoms with E-state index in [-0.39, 0.29) is 6.42 Å². The summed E-state index contributed by atoms with van der Waals surface area (Å²) < 4.78 is 0.641. The monoisotopic (exact) mass is 310 g/mol. The first-order chi connectivity index (χ1) is 9.54. The molecule has 0 unspecified atom stereocenters. The maximum atomic E-state index is 10.8. The second kappa shape index (κ2) is 6.72. The Morgan fingerprint density at radius 3 is 2.65 bits per heavy atom. The molecule has 4 nitrogen and oxygen atoms in total. The fraction of sp³-hybridized carbons (Fsp3) is 0.286. The third-order valence-electron chi connectivity index (χ3n) is 2.85. The van der Waals surface area contributed by atoms with Crippen LogP contribution in [0.4, 0.5) is 5.69 Å². The molecule has 0 saturated carbocycles. The molecule has 0 saturated heterocycles. The third-order valence-corrected chi connectivity index (χ3v) is 3.95. The largest absolute Gasteiger partial charge is 0.481 e. The van der Waals surface area contributed by atoms with Gasteiger partial charge in [-0.2, -0.15) is 0 Å². The number of carboxylic acids is 1. The summed E-state index contributed by atoms with van der Waals surface area (Å²) in [6.07, 6.45) is 1.71. The summed E-state index contributed by atoms with van der Waals surface area (Å²) in [7, 11) is 0. The van der Waals surface area contributed by atoms with Crippen LogP contribution < -0.4 is 4.90 Å². The van der Waals surface area contributed by atoms with Crippen LogP contribution >= 0.6 is 22.9 Å². The Morgan fingerprint density at radius 2 is 2.10 bits per heavy atom. The average molecular weight is 311 g/mol. The van der Waals surface area contributed by atoms with Crippen molar-refractivity contribution in [3.63, 3.8) is 0 Å². The molecule has 0 bridgehead atoms. The summed E-state index contributed by atoms with van der Waals surface area (Å²) in [6.45, 7) is 3.02. The van der Waals surface area contributed by atoms with Crippen LogP contribution in [0.3, 0.4) is 0 Å². The Balaban J connectivity index is 2.15. The summed E-state index contributed by atoms with van der Waals surface area (Å²) >= 11 is 7.29. The van der Waals surface area contributed by atoms with Gasteiger partial charge in [0.1, 0.15) is 9.34 Å². The highest BCUT2D eigenvalue weighted by Crippen LogP contribution is 2.23. The van der Waals surface area contributed by atoms with Gasteiger partial charge >= 0.3 is 5.97 Å². The molecule has 0 fully saturated rings. The molecule has 1 N–H and O–H groups in total. The number of aliphatic carboxylic acids is 1. The van der Waals surface area contributed by atoms with E-state index in [1.165, 1.54) is 16.9 Å². The first-order valence-electron chi connectivity index (χ1n) is 6.18. The van der Waals surface area contributed by atoms with Crippen molar-refractivity contribution in [2.24, 2.45) is 0 Å². The lowest BCUT2D eigenvalue weighted by Gasteiger charge is -2.23. The zero-order valence-corrected chi connectivity index (χ0v) is 12.6. The summed E-state index contributed by atoms with van der Waals surface area (Å²) in [5.41, 5.74) is 2.16. The van der Waals surface area contributed by atoms with Crippen molar-refractivity contribution in [3.8, 4) is 0 Å². The average Bonchev–Trinajstić information content (AvgIpc) is 2.81. The quantitative estimate of drug-likeness (QED) is 0.886. The minimum atomic E-state index is -0.806. The Hall–Kier alpha value is -1.59. The van der Waals surface area contributed by atoms with Crippen LogP contribution in [-0.4, -0.2) is 22.6 Å². The van der Waals surface area contributed by atoms with E-state index in [1.54, 1.807) is 6.20 Å². The van der Waals surface area contributed by atoms with Crippen LogP contribution in [0.15, 0.2) is 30.5 Å². The lowest BCUT2D eigenvalue weighted by atomic mass is 10.2. The van der Waals surface area contributed by atoms with Gasteiger partial charge in [-0.05, 0) is 19.1 Å². The van der Waals surface area contributed by atoms with Gasteiger partial charge in [-0.25, -0.2) is 4.98 Å². The predicted octanol–water partition coefficient (Wildman–Crippen LogP) is 3.59. The van der Waals surface area contributed by atoms with Gasteiger partial charge in [0.25, 0.3) is 0 Å². The minimum Gasteiger partial charge on any atom is -0.481 e. The molecule has 2 rings (SSSR count). The van der Waals surface area contributed by atoms with Gasteiger partial charge in [-0.3, -0.25) is 4.79 Å². The van der Waals surface area contributed by atoms with Crippen molar-refractivity contribution >= 4 is 34.6 Å². The van der Waals surface area contributed by atoms with Crippen molar-refractivity contribution in [3.05, 3.63) is 45.4 Å². The van der Waals surface area contributed by atoms with E-state index in [2.05, 4.69) is 4.98 Å². The number of anilines is 1. The van der Waals surface area contributed by atoms with Crippen molar-refractivity contribution in [2.45, 2.75) is 19.9 Å². The van der Waals surface area contributed by atoms with Gasteiger partial charge in [-0.1, -0.05) is 29.3 Å². The number of hydrogen-bond acceptors (Lipinski definition) is 4. The van der Waals surface area contributed by atoms with Gasteiger partial charge in [-0.15, -0.1) is 11.3 Å². The molecule has 0 aliphatic rings. The number of benzene rings is 1. The molecule has 0 aliphatic carbocycles. The predicted molar refractivity (Wildman–Crippen MR) is 81.6 cm³/mol. The summed E-state index contributed by atoms with van der Waals surface area (Å²) in [5, 5.41) is 9.74. The molecule has 0 aliphatic heterocycles. The summed E-state index contributed by atoms with van der Waals surface area (Å²) in [4.78, 5) is 17.0. The standard InChI is InChI=1S/C14H15ClN2O2S/c1-10-2-4-11(5-3-10)17(7-6-14(18)19)9-13-16-8-12(15)20-13/h2-5,8H,6-7,9H2,1H3,(H,18,19). The van der Waals surface area contributed by atoms with Crippen molar-refractivity contribution in [1.82, 2.24) is 4.98 Å². The van der Waals surface area contributed by atoms with E-state index in [0.29, 0.717) is 17.4 Å². The first-order valence-corrected chi connectivity index (χ1v) is 7.37. The zero-order valence-electron chi connectivity index (χ0n) is 11.0. The van der Waals surface area contributed by atoms with Gasteiger partial charge in [0, 0.05) is 12.2 Å². The van der Waals surface area contributed by atoms with E-state index in [1.807, 2.05) is 36.1 Å². The second-order valence-electron chi connectivity index (χ2n) is 4.46. The normalized spacial score (nSPS) is 10.5. The number of aryl methyl sites for hydroxylation is 1. The van der Waals surface area contributed by atoms with E-state index < -0.39 is 5.97 Å². The molecule has 1 heterocycles. The van der Waals surface area contributed by atoms with Crippen LogP contribution in [-0.2, 0) is 11.3 Å². The van der Waals surface area contributed by atoms with Crippen molar-refractivity contribution in [1.29, 1.82) is 0 Å². The Morgan fingerprint density at radius 1 is 1.40 bits per heavy atom. The number of nitrogens with zero attached hydrogens (tertiary/aromatic N) is 2. The van der Waals surface area contributed by atoms with E-state index in [0.717, 1.165) is 10.7 Å². The topological polar surface area (TPSA) is 53.4 Å². The molecule has 1 aromatic heterocycles. The highest BCUT2D eigenvalue weighted by atomic mass is 35.5. The highest BCUT2D eigenvalue weighted by molar-refractivity contribution is 7.15. The lowest BCUT2D eigenvalue weighted by molar-refractivity contribution is -0.136. The minimum absolute atomic E-state index is 0.0903.